The van der Waals surface area contributed by atoms with Crippen LogP contribution in [0.3, 0.4) is 0 Å². The number of halogens is 4. The van der Waals surface area contributed by atoms with E-state index in [1.54, 1.807) is 0 Å². The van der Waals surface area contributed by atoms with Gasteiger partial charge in [-0.05, 0) is 31.0 Å². The van der Waals surface area contributed by atoms with E-state index in [4.69, 9.17) is 10.5 Å². The second-order valence-corrected chi connectivity index (χ2v) is 6.27. The SMILES string of the molecule is NC1(COc2cc(Br)ccc2C(F)(F)F)CCCCC1. The smallest absolute Gasteiger partial charge is 0.419 e. The average Bonchev–Trinajstić information content (AvgIpc) is 2.36. The van der Waals surface area contributed by atoms with E-state index < -0.39 is 17.3 Å². The fraction of sp³-hybridized carbons (Fsp3) is 0.571. The van der Waals surface area contributed by atoms with Crippen molar-refractivity contribution in [2.24, 2.45) is 5.73 Å². The number of hydrogen-bond donors (Lipinski definition) is 1. The Morgan fingerprint density at radius 2 is 1.85 bits per heavy atom. The van der Waals surface area contributed by atoms with Crippen molar-refractivity contribution < 1.29 is 17.9 Å². The monoisotopic (exact) mass is 351 g/mol. The molecule has 0 spiro atoms. The summed E-state index contributed by atoms with van der Waals surface area (Å²) >= 11 is 3.16. The maximum absolute atomic E-state index is 12.9. The molecular formula is C14H17BrF3NO. The molecule has 112 valence electrons. The zero-order chi connectivity index (χ0) is 14.8. The summed E-state index contributed by atoms with van der Waals surface area (Å²) in [6.07, 6.45) is 0.299. The van der Waals surface area contributed by atoms with Crippen LogP contribution in [-0.4, -0.2) is 12.1 Å². The molecule has 0 radical (unpaired) electrons. The van der Waals surface area contributed by atoms with Crippen molar-refractivity contribution in [1.29, 1.82) is 0 Å². The zero-order valence-electron chi connectivity index (χ0n) is 11.0. The van der Waals surface area contributed by atoms with Crippen LogP contribution in [0.2, 0.25) is 0 Å². The van der Waals surface area contributed by atoms with Crippen LogP contribution in [0.15, 0.2) is 22.7 Å². The van der Waals surface area contributed by atoms with Gasteiger partial charge in [0.15, 0.2) is 0 Å². The highest BCUT2D eigenvalue weighted by molar-refractivity contribution is 9.10. The summed E-state index contributed by atoms with van der Waals surface area (Å²) in [7, 11) is 0. The van der Waals surface area contributed by atoms with E-state index in [1.807, 2.05) is 0 Å². The lowest BCUT2D eigenvalue weighted by atomic mass is 9.83. The molecule has 0 unspecified atom stereocenters. The summed E-state index contributed by atoms with van der Waals surface area (Å²) in [5, 5.41) is 0. The van der Waals surface area contributed by atoms with Gasteiger partial charge in [0.2, 0.25) is 0 Å². The first kappa shape index (κ1) is 15.6. The van der Waals surface area contributed by atoms with Crippen LogP contribution in [-0.2, 0) is 6.18 Å². The first-order valence-corrected chi connectivity index (χ1v) is 7.38. The Morgan fingerprint density at radius 3 is 2.45 bits per heavy atom. The highest BCUT2D eigenvalue weighted by Crippen LogP contribution is 2.38. The van der Waals surface area contributed by atoms with Gasteiger partial charge >= 0.3 is 6.18 Å². The second-order valence-electron chi connectivity index (χ2n) is 5.35. The Bertz CT molecular complexity index is 470. The van der Waals surface area contributed by atoms with Crippen LogP contribution >= 0.6 is 15.9 Å². The number of alkyl halides is 3. The minimum absolute atomic E-state index is 0.118. The van der Waals surface area contributed by atoms with E-state index in [9.17, 15) is 13.2 Å². The molecule has 0 bridgehead atoms. The van der Waals surface area contributed by atoms with Gasteiger partial charge in [-0.2, -0.15) is 13.2 Å². The van der Waals surface area contributed by atoms with E-state index in [-0.39, 0.29) is 12.4 Å². The third kappa shape index (κ3) is 3.88. The van der Waals surface area contributed by atoms with Crippen LogP contribution in [0.5, 0.6) is 5.75 Å². The van der Waals surface area contributed by atoms with E-state index >= 15 is 0 Å². The first-order valence-electron chi connectivity index (χ1n) is 6.59. The van der Waals surface area contributed by atoms with Gasteiger partial charge in [-0.3, -0.25) is 0 Å². The molecule has 0 saturated heterocycles. The number of rotatable bonds is 3. The predicted octanol–water partition coefficient (Wildman–Crippen LogP) is 4.51. The first-order chi connectivity index (χ1) is 9.30. The largest absolute Gasteiger partial charge is 0.491 e. The molecule has 0 heterocycles. The molecule has 1 fully saturated rings. The van der Waals surface area contributed by atoms with Crippen molar-refractivity contribution in [3.8, 4) is 5.75 Å². The van der Waals surface area contributed by atoms with E-state index in [2.05, 4.69) is 15.9 Å². The standard InChI is InChI=1S/C14H17BrF3NO/c15-10-4-5-11(14(16,17)18)12(8-10)20-9-13(19)6-2-1-3-7-13/h4-5,8H,1-3,6-7,9,19H2. The Kier molecular flexibility index (Phi) is 4.64. The lowest BCUT2D eigenvalue weighted by Crippen LogP contribution is -2.47. The summed E-state index contributed by atoms with van der Waals surface area (Å²) < 4.78 is 44.7. The van der Waals surface area contributed by atoms with Gasteiger partial charge in [0.25, 0.3) is 0 Å². The molecule has 0 aromatic heterocycles. The minimum atomic E-state index is -4.43. The second kappa shape index (κ2) is 5.93. The van der Waals surface area contributed by atoms with Crippen molar-refractivity contribution in [1.82, 2.24) is 0 Å². The van der Waals surface area contributed by atoms with E-state index in [1.165, 1.54) is 12.1 Å². The Labute approximate surface area is 124 Å². The normalized spacial score (nSPS) is 18.9. The van der Waals surface area contributed by atoms with E-state index in [0.717, 1.165) is 38.2 Å². The molecule has 1 saturated carbocycles. The Morgan fingerprint density at radius 1 is 1.20 bits per heavy atom. The highest BCUT2D eigenvalue weighted by atomic mass is 79.9. The van der Waals surface area contributed by atoms with Gasteiger partial charge in [-0.1, -0.05) is 35.2 Å². The van der Waals surface area contributed by atoms with Gasteiger partial charge in [0, 0.05) is 4.47 Å². The number of ether oxygens (including phenoxy) is 1. The van der Waals surface area contributed by atoms with Gasteiger partial charge in [0.05, 0.1) is 11.1 Å². The number of nitrogens with two attached hydrogens (primary N) is 1. The molecule has 0 atom stereocenters. The molecule has 2 N–H and O–H groups in total. The van der Waals surface area contributed by atoms with Crippen molar-refractivity contribution in [2.45, 2.75) is 43.8 Å². The van der Waals surface area contributed by atoms with Crippen LogP contribution in [0.25, 0.3) is 0 Å². The fourth-order valence-electron chi connectivity index (χ4n) is 2.47. The Balaban J connectivity index is 2.14. The molecule has 1 aliphatic carbocycles. The predicted molar refractivity (Wildman–Crippen MR) is 74.6 cm³/mol. The molecular weight excluding hydrogens is 335 g/mol. The summed E-state index contributed by atoms with van der Waals surface area (Å²) in [4.78, 5) is 0. The quantitative estimate of drug-likeness (QED) is 0.869. The molecule has 2 nitrogen and oxygen atoms in total. The highest BCUT2D eigenvalue weighted by Gasteiger charge is 2.35. The summed E-state index contributed by atoms with van der Waals surface area (Å²) in [5.41, 5.74) is 4.91. The summed E-state index contributed by atoms with van der Waals surface area (Å²) in [5.74, 6) is -0.165. The van der Waals surface area contributed by atoms with Gasteiger partial charge in [0.1, 0.15) is 12.4 Å². The molecule has 1 aromatic carbocycles. The zero-order valence-corrected chi connectivity index (χ0v) is 12.6. The Hall–Kier alpha value is -0.750. The molecule has 0 amide bonds. The molecule has 6 heteroatoms. The molecule has 2 rings (SSSR count). The fourth-order valence-corrected chi connectivity index (χ4v) is 2.81. The topological polar surface area (TPSA) is 35.2 Å². The number of benzene rings is 1. The average molecular weight is 352 g/mol. The third-order valence-corrected chi connectivity index (χ3v) is 4.11. The lowest BCUT2D eigenvalue weighted by molar-refractivity contribution is -0.139. The molecule has 0 aliphatic heterocycles. The van der Waals surface area contributed by atoms with E-state index in [0.29, 0.717) is 4.47 Å². The number of hydrogen-bond acceptors (Lipinski definition) is 2. The molecule has 20 heavy (non-hydrogen) atoms. The van der Waals surface area contributed by atoms with Crippen molar-refractivity contribution >= 4 is 15.9 Å². The van der Waals surface area contributed by atoms with Crippen LogP contribution in [0, 0.1) is 0 Å². The van der Waals surface area contributed by atoms with Gasteiger partial charge in [-0.15, -0.1) is 0 Å². The minimum Gasteiger partial charge on any atom is -0.491 e. The maximum atomic E-state index is 12.9. The maximum Gasteiger partial charge on any atom is 0.419 e. The van der Waals surface area contributed by atoms with Crippen molar-refractivity contribution in [3.05, 3.63) is 28.2 Å². The van der Waals surface area contributed by atoms with Crippen molar-refractivity contribution in [2.75, 3.05) is 6.61 Å². The lowest BCUT2D eigenvalue weighted by Gasteiger charge is -2.33. The molecule has 1 aliphatic rings. The van der Waals surface area contributed by atoms with Crippen LogP contribution in [0.4, 0.5) is 13.2 Å². The van der Waals surface area contributed by atoms with Crippen molar-refractivity contribution in [3.63, 3.8) is 0 Å². The van der Waals surface area contributed by atoms with Gasteiger partial charge in [-0.25, -0.2) is 0 Å². The van der Waals surface area contributed by atoms with Crippen LogP contribution in [0.1, 0.15) is 37.7 Å². The molecule has 1 aromatic rings. The van der Waals surface area contributed by atoms with Gasteiger partial charge < -0.3 is 10.5 Å². The summed E-state index contributed by atoms with van der Waals surface area (Å²) in [6, 6.07) is 3.72. The third-order valence-electron chi connectivity index (χ3n) is 3.61. The summed E-state index contributed by atoms with van der Waals surface area (Å²) in [6.45, 7) is 0.118. The van der Waals surface area contributed by atoms with Crippen LogP contribution < -0.4 is 10.5 Å².